The van der Waals surface area contributed by atoms with Crippen molar-refractivity contribution in [3.63, 3.8) is 0 Å². The predicted octanol–water partition coefficient (Wildman–Crippen LogP) is 1.58. The van der Waals surface area contributed by atoms with E-state index in [1.807, 2.05) is 0 Å². The van der Waals surface area contributed by atoms with Gasteiger partial charge in [-0.2, -0.15) is 0 Å². The summed E-state index contributed by atoms with van der Waals surface area (Å²) in [6.45, 7) is 9.33. The molecule has 0 radical (unpaired) electrons. The first-order valence-corrected chi connectivity index (χ1v) is 7.39. The Morgan fingerprint density at radius 2 is 2.06 bits per heavy atom. The second-order valence-corrected chi connectivity index (χ2v) is 6.15. The van der Waals surface area contributed by atoms with Gasteiger partial charge in [0, 0.05) is 38.3 Å². The molecule has 1 saturated carbocycles. The lowest BCUT2D eigenvalue weighted by Gasteiger charge is -2.42. The Hall–Kier alpha value is -0.120. The number of rotatable bonds is 5. The van der Waals surface area contributed by atoms with Gasteiger partial charge in [0.05, 0.1) is 6.61 Å². The molecular weight excluding hydrogens is 212 g/mol. The summed E-state index contributed by atoms with van der Waals surface area (Å²) in [5.41, 5.74) is 0. The van der Waals surface area contributed by atoms with E-state index in [4.69, 9.17) is 4.74 Å². The van der Waals surface area contributed by atoms with Gasteiger partial charge in [0.2, 0.25) is 0 Å². The van der Waals surface area contributed by atoms with Gasteiger partial charge in [-0.25, -0.2) is 0 Å². The highest BCUT2D eigenvalue weighted by molar-refractivity contribution is 4.90. The maximum Gasteiger partial charge on any atom is 0.0593 e. The Labute approximate surface area is 105 Å². The summed E-state index contributed by atoms with van der Waals surface area (Å²) in [5, 5.41) is 0. The SMILES string of the molecule is CC1CN2CCCC2CN1CCOCC1CC1. The average molecular weight is 238 g/mol. The Morgan fingerprint density at radius 1 is 1.18 bits per heavy atom. The lowest BCUT2D eigenvalue weighted by atomic mass is 10.1. The third kappa shape index (κ3) is 3.01. The Morgan fingerprint density at radius 3 is 2.88 bits per heavy atom. The van der Waals surface area contributed by atoms with Gasteiger partial charge in [-0.05, 0) is 45.1 Å². The van der Waals surface area contributed by atoms with Gasteiger partial charge >= 0.3 is 0 Å². The highest BCUT2D eigenvalue weighted by Crippen LogP contribution is 2.29. The van der Waals surface area contributed by atoms with E-state index in [0.29, 0.717) is 6.04 Å². The molecule has 3 rings (SSSR count). The van der Waals surface area contributed by atoms with E-state index in [-0.39, 0.29) is 0 Å². The molecule has 0 aromatic heterocycles. The zero-order valence-electron chi connectivity index (χ0n) is 11.1. The van der Waals surface area contributed by atoms with Gasteiger partial charge in [-0.3, -0.25) is 9.80 Å². The van der Waals surface area contributed by atoms with Crippen molar-refractivity contribution in [2.24, 2.45) is 5.92 Å². The first-order chi connectivity index (χ1) is 8.33. The fourth-order valence-electron chi connectivity index (χ4n) is 3.28. The summed E-state index contributed by atoms with van der Waals surface area (Å²) in [6, 6.07) is 1.56. The minimum atomic E-state index is 0.717. The van der Waals surface area contributed by atoms with Crippen LogP contribution in [0.1, 0.15) is 32.6 Å². The molecule has 3 nitrogen and oxygen atoms in total. The number of ether oxygens (including phenoxy) is 1. The second kappa shape index (κ2) is 5.25. The Balaban J connectivity index is 1.39. The molecule has 98 valence electrons. The van der Waals surface area contributed by atoms with E-state index >= 15 is 0 Å². The van der Waals surface area contributed by atoms with Gasteiger partial charge in [0.25, 0.3) is 0 Å². The monoisotopic (exact) mass is 238 g/mol. The van der Waals surface area contributed by atoms with E-state index in [1.165, 1.54) is 45.3 Å². The largest absolute Gasteiger partial charge is 0.380 e. The maximum atomic E-state index is 5.76. The quantitative estimate of drug-likeness (QED) is 0.676. The molecule has 0 aromatic carbocycles. The number of fused-ring (bicyclic) bond motifs is 1. The first kappa shape index (κ1) is 11.9. The summed E-state index contributed by atoms with van der Waals surface area (Å²) in [6.07, 6.45) is 5.61. The van der Waals surface area contributed by atoms with Crippen molar-refractivity contribution < 1.29 is 4.74 Å². The molecule has 1 aliphatic carbocycles. The van der Waals surface area contributed by atoms with Crippen LogP contribution in [0.15, 0.2) is 0 Å². The molecule has 3 heteroatoms. The van der Waals surface area contributed by atoms with Crippen LogP contribution in [0.4, 0.5) is 0 Å². The molecule has 0 amide bonds. The van der Waals surface area contributed by atoms with Crippen LogP contribution in [0.5, 0.6) is 0 Å². The molecule has 0 N–H and O–H groups in total. The van der Waals surface area contributed by atoms with Crippen molar-refractivity contribution >= 4 is 0 Å². The van der Waals surface area contributed by atoms with Crippen molar-refractivity contribution in [2.75, 3.05) is 39.4 Å². The van der Waals surface area contributed by atoms with Crippen LogP contribution < -0.4 is 0 Å². The fourth-order valence-corrected chi connectivity index (χ4v) is 3.28. The van der Waals surface area contributed by atoms with Crippen LogP contribution in [0.25, 0.3) is 0 Å². The summed E-state index contributed by atoms with van der Waals surface area (Å²) >= 11 is 0. The lowest BCUT2D eigenvalue weighted by molar-refractivity contribution is 0.0286. The molecule has 2 unspecified atom stereocenters. The van der Waals surface area contributed by atoms with E-state index in [9.17, 15) is 0 Å². The second-order valence-electron chi connectivity index (χ2n) is 6.15. The number of piperazine rings is 1. The van der Waals surface area contributed by atoms with Crippen LogP contribution in [0.3, 0.4) is 0 Å². The number of hydrogen-bond donors (Lipinski definition) is 0. The predicted molar refractivity (Wildman–Crippen MR) is 69.2 cm³/mol. The molecule has 2 atom stereocenters. The van der Waals surface area contributed by atoms with Crippen LogP contribution in [0.2, 0.25) is 0 Å². The fraction of sp³-hybridized carbons (Fsp3) is 1.00. The van der Waals surface area contributed by atoms with Crippen molar-refractivity contribution in [1.82, 2.24) is 9.80 Å². The molecular formula is C14H26N2O. The average Bonchev–Trinajstić information content (AvgIpc) is 3.03. The molecule has 2 heterocycles. The minimum absolute atomic E-state index is 0.717. The van der Waals surface area contributed by atoms with Crippen molar-refractivity contribution in [3.8, 4) is 0 Å². The standard InChI is InChI=1S/C14H26N2O/c1-12-9-16-6-2-3-14(16)10-15(12)7-8-17-11-13-4-5-13/h12-14H,2-11H2,1H3. The Kier molecular flexibility index (Phi) is 3.69. The van der Waals surface area contributed by atoms with Gasteiger partial charge in [-0.15, -0.1) is 0 Å². The molecule has 3 fully saturated rings. The number of nitrogens with zero attached hydrogens (tertiary/aromatic N) is 2. The van der Waals surface area contributed by atoms with Crippen molar-refractivity contribution in [1.29, 1.82) is 0 Å². The maximum absolute atomic E-state index is 5.76. The van der Waals surface area contributed by atoms with E-state index in [1.54, 1.807) is 0 Å². The minimum Gasteiger partial charge on any atom is -0.380 e. The van der Waals surface area contributed by atoms with Crippen molar-refractivity contribution in [2.45, 2.75) is 44.7 Å². The van der Waals surface area contributed by atoms with E-state index in [0.717, 1.165) is 31.7 Å². The topological polar surface area (TPSA) is 15.7 Å². The molecule has 0 bridgehead atoms. The van der Waals surface area contributed by atoms with Gasteiger partial charge in [-0.1, -0.05) is 0 Å². The number of hydrogen-bond acceptors (Lipinski definition) is 3. The molecule has 0 aromatic rings. The molecule has 2 saturated heterocycles. The highest BCUT2D eigenvalue weighted by Gasteiger charge is 2.33. The summed E-state index contributed by atoms with van der Waals surface area (Å²) < 4.78 is 5.76. The van der Waals surface area contributed by atoms with Crippen LogP contribution in [-0.4, -0.2) is 61.3 Å². The van der Waals surface area contributed by atoms with E-state index in [2.05, 4.69) is 16.7 Å². The molecule has 0 spiro atoms. The van der Waals surface area contributed by atoms with Gasteiger partial charge < -0.3 is 4.74 Å². The van der Waals surface area contributed by atoms with Gasteiger partial charge in [0.1, 0.15) is 0 Å². The summed E-state index contributed by atoms with van der Waals surface area (Å²) in [5.74, 6) is 0.902. The highest BCUT2D eigenvalue weighted by atomic mass is 16.5. The normalized spacial score (nSPS) is 35.1. The summed E-state index contributed by atoms with van der Waals surface area (Å²) in [7, 11) is 0. The Bertz CT molecular complexity index is 255. The van der Waals surface area contributed by atoms with Crippen molar-refractivity contribution in [3.05, 3.63) is 0 Å². The summed E-state index contributed by atoms with van der Waals surface area (Å²) in [4.78, 5) is 5.33. The third-order valence-electron chi connectivity index (χ3n) is 4.64. The molecule has 3 aliphatic rings. The van der Waals surface area contributed by atoms with Crippen LogP contribution in [0, 0.1) is 5.92 Å². The van der Waals surface area contributed by atoms with E-state index < -0.39 is 0 Å². The zero-order chi connectivity index (χ0) is 11.7. The third-order valence-corrected chi connectivity index (χ3v) is 4.64. The molecule has 17 heavy (non-hydrogen) atoms. The van der Waals surface area contributed by atoms with Gasteiger partial charge in [0.15, 0.2) is 0 Å². The zero-order valence-corrected chi connectivity index (χ0v) is 11.1. The smallest absolute Gasteiger partial charge is 0.0593 e. The van der Waals surface area contributed by atoms with Crippen LogP contribution in [-0.2, 0) is 4.74 Å². The lowest BCUT2D eigenvalue weighted by Crippen LogP contribution is -2.55. The van der Waals surface area contributed by atoms with Crippen LogP contribution >= 0.6 is 0 Å². The first-order valence-electron chi connectivity index (χ1n) is 7.39. The molecule has 2 aliphatic heterocycles.